The second kappa shape index (κ2) is 5.84. The van der Waals surface area contributed by atoms with E-state index in [4.69, 9.17) is 18.0 Å². The highest BCUT2D eigenvalue weighted by atomic mass is 32.1. The van der Waals surface area contributed by atoms with Crippen LogP contribution >= 0.6 is 23.6 Å². The highest BCUT2D eigenvalue weighted by molar-refractivity contribution is 7.80. The van der Waals surface area contributed by atoms with Crippen LogP contribution in [0.25, 0.3) is 10.1 Å². The van der Waals surface area contributed by atoms with Crippen LogP contribution < -0.4 is 10.6 Å². The first-order valence-electron chi connectivity index (χ1n) is 6.72. The number of rotatable bonds is 4. The highest BCUT2D eigenvalue weighted by Crippen LogP contribution is 2.28. The van der Waals surface area contributed by atoms with Gasteiger partial charge in [-0.25, -0.2) is 0 Å². The molecule has 0 aliphatic heterocycles. The molecule has 0 bridgehead atoms. The van der Waals surface area contributed by atoms with Gasteiger partial charge < -0.3 is 10.6 Å². The summed E-state index contributed by atoms with van der Waals surface area (Å²) in [6.07, 6.45) is 0. The number of thiophene rings is 1. The quantitative estimate of drug-likeness (QED) is 0.733. The largest absolute Gasteiger partial charge is 0.389 e. The molecule has 4 heteroatoms. The van der Waals surface area contributed by atoms with Crippen molar-refractivity contribution in [3.05, 3.63) is 65.0 Å². The minimum Gasteiger partial charge on any atom is -0.389 e. The molecule has 106 valence electrons. The molecular weight excluding hydrogens is 296 g/mol. The van der Waals surface area contributed by atoms with Crippen molar-refractivity contribution >= 4 is 44.3 Å². The predicted molar refractivity (Wildman–Crippen MR) is 96.3 cm³/mol. The molecule has 1 aromatic heterocycles. The molecule has 1 heterocycles. The predicted octanol–water partition coefficient (Wildman–Crippen LogP) is 4.17. The number of anilines is 1. The van der Waals surface area contributed by atoms with Gasteiger partial charge in [-0.3, -0.25) is 0 Å². The smallest absolute Gasteiger partial charge is 0.106 e. The van der Waals surface area contributed by atoms with Crippen molar-refractivity contribution in [2.75, 3.05) is 11.9 Å². The van der Waals surface area contributed by atoms with Crippen LogP contribution in [0.5, 0.6) is 0 Å². The molecule has 0 saturated carbocycles. The normalized spacial score (nSPS) is 10.7. The summed E-state index contributed by atoms with van der Waals surface area (Å²) in [5, 5.41) is 3.55. The molecule has 0 fully saturated rings. The Morgan fingerprint density at radius 1 is 1.14 bits per heavy atom. The van der Waals surface area contributed by atoms with E-state index in [1.165, 1.54) is 15.6 Å². The van der Waals surface area contributed by atoms with Crippen molar-refractivity contribution in [2.45, 2.75) is 6.54 Å². The zero-order valence-corrected chi connectivity index (χ0v) is 13.4. The van der Waals surface area contributed by atoms with Crippen LogP contribution in [0.4, 0.5) is 5.69 Å². The van der Waals surface area contributed by atoms with Gasteiger partial charge in [-0.15, -0.1) is 11.3 Å². The molecule has 2 aromatic carbocycles. The van der Waals surface area contributed by atoms with Gasteiger partial charge >= 0.3 is 0 Å². The third-order valence-electron chi connectivity index (χ3n) is 3.55. The number of thiocarbonyl (C=S) groups is 1. The van der Waals surface area contributed by atoms with E-state index in [1.807, 2.05) is 18.2 Å². The molecule has 0 radical (unpaired) electrons. The second-order valence-corrected chi connectivity index (χ2v) is 6.35. The first kappa shape index (κ1) is 14.0. The molecule has 3 rings (SSSR count). The Balaban J connectivity index is 1.93. The third-order valence-corrected chi connectivity index (χ3v) is 4.78. The summed E-state index contributed by atoms with van der Waals surface area (Å²) < 4.78 is 1.32. The van der Waals surface area contributed by atoms with Crippen molar-refractivity contribution in [2.24, 2.45) is 5.73 Å². The Hall–Kier alpha value is -1.91. The zero-order valence-electron chi connectivity index (χ0n) is 11.7. The van der Waals surface area contributed by atoms with Gasteiger partial charge in [0.15, 0.2) is 0 Å². The number of nitrogens with two attached hydrogens (primary N) is 1. The molecule has 0 saturated heterocycles. The van der Waals surface area contributed by atoms with Crippen molar-refractivity contribution < 1.29 is 0 Å². The van der Waals surface area contributed by atoms with E-state index in [9.17, 15) is 0 Å². The van der Waals surface area contributed by atoms with Crippen LogP contribution in [-0.2, 0) is 6.54 Å². The Labute approximate surface area is 133 Å². The maximum Gasteiger partial charge on any atom is 0.106 e. The average molecular weight is 312 g/mol. The second-order valence-electron chi connectivity index (χ2n) is 4.99. The Kier molecular flexibility index (Phi) is 3.90. The van der Waals surface area contributed by atoms with E-state index in [0.717, 1.165) is 17.8 Å². The molecule has 21 heavy (non-hydrogen) atoms. The lowest BCUT2D eigenvalue weighted by molar-refractivity contribution is 0.932. The first-order chi connectivity index (χ1) is 10.2. The van der Waals surface area contributed by atoms with Gasteiger partial charge in [-0.2, -0.15) is 0 Å². The van der Waals surface area contributed by atoms with Gasteiger partial charge in [-0.05, 0) is 34.5 Å². The Morgan fingerprint density at radius 3 is 2.67 bits per heavy atom. The zero-order chi connectivity index (χ0) is 14.8. The average Bonchev–Trinajstić information content (AvgIpc) is 2.90. The SMILES string of the molecule is CN(Cc1csc2ccccc12)c1ccccc1C(N)=S. The Morgan fingerprint density at radius 2 is 1.86 bits per heavy atom. The molecular formula is C17H16N2S2. The van der Waals surface area contributed by atoms with Crippen molar-refractivity contribution in [1.82, 2.24) is 0 Å². The molecule has 3 aromatic rings. The summed E-state index contributed by atoms with van der Waals surface area (Å²) in [6, 6.07) is 16.5. The van der Waals surface area contributed by atoms with E-state index >= 15 is 0 Å². The van der Waals surface area contributed by atoms with Crippen molar-refractivity contribution in [3.8, 4) is 0 Å². The number of hydrogen-bond acceptors (Lipinski definition) is 3. The number of fused-ring (bicyclic) bond motifs is 1. The molecule has 0 amide bonds. The van der Waals surface area contributed by atoms with Crippen LogP contribution in [0.3, 0.4) is 0 Å². The van der Waals surface area contributed by atoms with E-state index in [2.05, 4.69) is 47.7 Å². The maximum atomic E-state index is 5.82. The lowest BCUT2D eigenvalue weighted by Crippen LogP contribution is -2.21. The van der Waals surface area contributed by atoms with Crippen LogP contribution in [0, 0.1) is 0 Å². The Bertz CT molecular complexity index is 792. The van der Waals surface area contributed by atoms with Gasteiger partial charge in [-0.1, -0.05) is 42.5 Å². The van der Waals surface area contributed by atoms with Gasteiger partial charge in [0.05, 0.1) is 0 Å². The van der Waals surface area contributed by atoms with Gasteiger partial charge in [0.25, 0.3) is 0 Å². The van der Waals surface area contributed by atoms with E-state index in [0.29, 0.717) is 4.99 Å². The third kappa shape index (κ3) is 2.77. The molecule has 0 spiro atoms. The minimum absolute atomic E-state index is 0.438. The van der Waals surface area contributed by atoms with Gasteiger partial charge in [0.1, 0.15) is 4.99 Å². The molecule has 0 aliphatic carbocycles. The molecule has 2 N–H and O–H groups in total. The van der Waals surface area contributed by atoms with Crippen molar-refractivity contribution in [1.29, 1.82) is 0 Å². The van der Waals surface area contributed by atoms with Crippen molar-refractivity contribution in [3.63, 3.8) is 0 Å². The fraction of sp³-hybridized carbons (Fsp3) is 0.118. The maximum absolute atomic E-state index is 5.82. The standard InChI is InChI=1S/C17H16N2S2/c1-19(15-8-4-2-7-14(15)17(18)20)10-12-11-21-16-9-5-3-6-13(12)16/h2-9,11H,10H2,1H3,(H2,18,20). The van der Waals surface area contributed by atoms with Crippen LogP contribution in [-0.4, -0.2) is 12.0 Å². The van der Waals surface area contributed by atoms with E-state index in [-0.39, 0.29) is 0 Å². The summed E-state index contributed by atoms with van der Waals surface area (Å²) in [4.78, 5) is 2.64. The summed E-state index contributed by atoms with van der Waals surface area (Å²) in [5.41, 5.74) is 9.15. The number of para-hydroxylation sites is 1. The molecule has 0 atom stereocenters. The van der Waals surface area contributed by atoms with Crippen LogP contribution in [0.15, 0.2) is 53.9 Å². The van der Waals surface area contributed by atoms with E-state index < -0.39 is 0 Å². The molecule has 2 nitrogen and oxygen atoms in total. The topological polar surface area (TPSA) is 29.3 Å². The summed E-state index contributed by atoms with van der Waals surface area (Å²) in [7, 11) is 2.07. The lowest BCUT2D eigenvalue weighted by atomic mass is 10.1. The number of hydrogen-bond donors (Lipinski definition) is 1. The summed E-state index contributed by atoms with van der Waals surface area (Å²) >= 11 is 6.93. The molecule has 0 unspecified atom stereocenters. The number of benzene rings is 2. The number of nitrogens with zero attached hydrogens (tertiary/aromatic N) is 1. The van der Waals surface area contributed by atoms with E-state index in [1.54, 1.807) is 11.3 Å². The van der Waals surface area contributed by atoms with Gasteiger partial charge in [0.2, 0.25) is 0 Å². The monoisotopic (exact) mass is 312 g/mol. The van der Waals surface area contributed by atoms with Crippen LogP contribution in [0.2, 0.25) is 0 Å². The minimum atomic E-state index is 0.438. The summed E-state index contributed by atoms with van der Waals surface area (Å²) in [5.74, 6) is 0. The van der Waals surface area contributed by atoms with Gasteiger partial charge in [0, 0.05) is 29.5 Å². The molecule has 0 aliphatic rings. The fourth-order valence-electron chi connectivity index (χ4n) is 2.51. The lowest BCUT2D eigenvalue weighted by Gasteiger charge is -2.22. The fourth-order valence-corrected chi connectivity index (χ4v) is 3.64. The van der Waals surface area contributed by atoms with Crippen LogP contribution in [0.1, 0.15) is 11.1 Å². The first-order valence-corrected chi connectivity index (χ1v) is 8.00. The highest BCUT2D eigenvalue weighted by Gasteiger charge is 2.11. The summed E-state index contributed by atoms with van der Waals surface area (Å²) in [6.45, 7) is 0.837.